The quantitative estimate of drug-likeness (QED) is 0.723. The van der Waals surface area contributed by atoms with Crippen molar-refractivity contribution in [2.24, 2.45) is 0 Å². The predicted octanol–water partition coefficient (Wildman–Crippen LogP) is 3.53. The molecule has 116 valence electrons. The number of phenolic OH excluding ortho intramolecular Hbond substituents is 1. The Morgan fingerprint density at radius 2 is 1.74 bits per heavy atom. The topological polar surface area (TPSA) is 78.9 Å². The van der Waals surface area contributed by atoms with Crippen molar-refractivity contribution in [2.45, 2.75) is 19.8 Å². The predicted molar refractivity (Wildman–Crippen MR) is 87.4 cm³/mol. The van der Waals surface area contributed by atoms with E-state index in [1.807, 2.05) is 24.3 Å². The van der Waals surface area contributed by atoms with E-state index in [1.165, 1.54) is 11.6 Å². The molecule has 5 heteroatoms. The van der Waals surface area contributed by atoms with Crippen LogP contribution in [0, 0.1) is 0 Å². The number of aromatic hydroxyl groups is 1. The van der Waals surface area contributed by atoms with Gasteiger partial charge in [0.1, 0.15) is 11.4 Å². The second-order valence-electron chi connectivity index (χ2n) is 5.64. The number of hydrogen-bond donors (Lipinski definition) is 2. The van der Waals surface area contributed by atoms with Crippen LogP contribution in [0.3, 0.4) is 0 Å². The van der Waals surface area contributed by atoms with Crippen LogP contribution in [0.15, 0.2) is 48.5 Å². The van der Waals surface area contributed by atoms with Crippen LogP contribution < -0.4 is 0 Å². The summed E-state index contributed by atoms with van der Waals surface area (Å²) in [6, 6.07) is 14.3. The minimum atomic E-state index is -0.361. The van der Waals surface area contributed by atoms with Crippen molar-refractivity contribution in [3.63, 3.8) is 0 Å². The third kappa shape index (κ3) is 2.85. The van der Waals surface area contributed by atoms with E-state index in [0.717, 1.165) is 5.56 Å². The third-order valence-corrected chi connectivity index (χ3v) is 3.76. The number of benzene rings is 2. The summed E-state index contributed by atoms with van der Waals surface area (Å²) in [5, 5.41) is 20.4. The van der Waals surface area contributed by atoms with Gasteiger partial charge in [0, 0.05) is 5.56 Å². The van der Waals surface area contributed by atoms with Crippen LogP contribution in [0.2, 0.25) is 0 Å². The Labute approximate surface area is 134 Å². The molecule has 0 saturated carbocycles. The third-order valence-electron chi connectivity index (χ3n) is 3.76. The van der Waals surface area contributed by atoms with Gasteiger partial charge in [0.05, 0.1) is 5.56 Å². The molecule has 0 bridgehead atoms. The zero-order valence-electron chi connectivity index (χ0n) is 12.9. The molecule has 0 amide bonds. The van der Waals surface area contributed by atoms with Gasteiger partial charge in [0.2, 0.25) is 5.78 Å². The maximum Gasteiger partial charge on any atom is 0.219 e. The summed E-state index contributed by atoms with van der Waals surface area (Å²) in [6.45, 7) is 4.25. The maximum absolute atomic E-state index is 12.6. The highest BCUT2D eigenvalue weighted by atomic mass is 16.3. The fourth-order valence-electron chi connectivity index (χ4n) is 2.41. The van der Waals surface area contributed by atoms with Crippen LogP contribution in [-0.4, -0.2) is 26.3 Å². The van der Waals surface area contributed by atoms with Gasteiger partial charge in [0.15, 0.2) is 5.69 Å². The number of aromatic amines is 1. The molecule has 3 rings (SSSR count). The zero-order chi connectivity index (χ0) is 16.4. The van der Waals surface area contributed by atoms with Crippen LogP contribution in [0.1, 0.15) is 41.4 Å². The summed E-state index contributed by atoms with van der Waals surface area (Å²) < 4.78 is 0. The number of nitrogens with zero attached hydrogens (tertiary/aromatic N) is 2. The molecule has 0 spiro atoms. The molecule has 0 unspecified atom stereocenters. The average Bonchev–Trinajstić information content (AvgIpc) is 3.04. The largest absolute Gasteiger partial charge is 0.507 e. The fraction of sp³-hybridized carbons (Fsp3) is 0.167. The average molecular weight is 307 g/mol. The Bertz CT molecular complexity index is 835. The molecule has 23 heavy (non-hydrogen) atoms. The molecular formula is C18H17N3O2. The number of para-hydroxylation sites is 1. The van der Waals surface area contributed by atoms with Gasteiger partial charge in [0.25, 0.3) is 0 Å². The lowest BCUT2D eigenvalue weighted by Crippen LogP contribution is -2.04. The van der Waals surface area contributed by atoms with Gasteiger partial charge < -0.3 is 5.11 Å². The number of nitrogens with one attached hydrogen (secondary N) is 1. The first-order valence-electron chi connectivity index (χ1n) is 7.41. The van der Waals surface area contributed by atoms with Crippen LogP contribution in [0.5, 0.6) is 5.75 Å². The van der Waals surface area contributed by atoms with Crippen molar-refractivity contribution in [1.82, 2.24) is 15.4 Å². The SMILES string of the molecule is CC(C)c1ccc(-c2n[nH]nc2C(=O)c2ccccc2O)cc1. The fourth-order valence-corrected chi connectivity index (χ4v) is 2.41. The first-order valence-corrected chi connectivity index (χ1v) is 7.41. The number of carbonyl (C=O) groups is 1. The molecule has 0 saturated heterocycles. The van der Waals surface area contributed by atoms with Crippen molar-refractivity contribution < 1.29 is 9.90 Å². The molecule has 2 aromatic carbocycles. The van der Waals surface area contributed by atoms with E-state index in [2.05, 4.69) is 29.3 Å². The first kappa shape index (κ1) is 15.0. The van der Waals surface area contributed by atoms with E-state index < -0.39 is 0 Å². The highest BCUT2D eigenvalue weighted by Gasteiger charge is 2.21. The number of H-pyrrole nitrogens is 1. The lowest BCUT2D eigenvalue weighted by Gasteiger charge is -2.06. The van der Waals surface area contributed by atoms with Crippen molar-refractivity contribution in [3.05, 3.63) is 65.4 Å². The van der Waals surface area contributed by atoms with Gasteiger partial charge in [-0.3, -0.25) is 4.79 Å². The molecule has 0 radical (unpaired) electrons. The number of rotatable bonds is 4. The molecular weight excluding hydrogens is 290 g/mol. The van der Waals surface area contributed by atoms with E-state index in [-0.39, 0.29) is 22.8 Å². The second-order valence-corrected chi connectivity index (χ2v) is 5.64. The number of hydrogen-bond acceptors (Lipinski definition) is 4. The summed E-state index contributed by atoms with van der Waals surface area (Å²) in [4.78, 5) is 12.6. The number of phenols is 1. The lowest BCUT2D eigenvalue weighted by molar-refractivity contribution is 0.103. The summed E-state index contributed by atoms with van der Waals surface area (Å²) >= 11 is 0. The van der Waals surface area contributed by atoms with Crippen molar-refractivity contribution in [1.29, 1.82) is 0 Å². The van der Waals surface area contributed by atoms with Crippen LogP contribution in [-0.2, 0) is 0 Å². The Morgan fingerprint density at radius 1 is 1.04 bits per heavy atom. The zero-order valence-corrected chi connectivity index (χ0v) is 12.9. The summed E-state index contributed by atoms with van der Waals surface area (Å²) in [6.07, 6.45) is 0. The number of aromatic nitrogens is 3. The van der Waals surface area contributed by atoms with Crippen LogP contribution in [0.25, 0.3) is 11.3 Å². The standard InChI is InChI=1S/C18H17N3O2/c1-11(2)12-7-9-13(10-8-12)16-17(20-21-19-16)18(23)14-5-3-4-6-15(14)22/h3-11,22H,1-2H3,(H,19,20,21). The van der Waals surface area contributed by atoms with Crippen LogP contribution >= 0.6 is 0 Å². The van der Waals surface area contributed by atoms with Gasteiger partial charge in [-0.2, -0.15) is 15.4 Å². The van der Waals surface area contributed by atoms with Crippen LogP contribution in [0.4, 0.5) is 0 Å². The lowest BCUT2D eigenvalue weighted by atomic mass is 9.98. The molecule has 1 heterocycles. The normalized spacial score (nSPS) is 10.9. The molecule has 5 nitrogen and oxygen atoms in total. The van der Waals surface area contributed by atoms with E-state index in [1.54, 1.807) is 18.2 Å². The molecule has 0 aliphatic heterocycles. The molecule has 3 aromatic rings. The Morgan fingerprint density at radius 3 is 2.39 bits per heavy atom. The monoisotopic (exact) mass is 307 g/mol. The highest BCUT2D eigenvalue weighted by molar-refractivity contribution is 6.12. The van der Waals surface area contributed by atoms with Crippen molar-refractivity contribution in [2.75, 3.05) is 0 Å². The minimum absolute atomic E-state index is 0.0680. The second kappa shape index (κ2) is 6.04. The summed E-state index contributed by atoms with van der Waals surface area (Å²) in [7, 11) is 0. The molecule has 0 atom stereocenters. The first-order chi connectivity index (χ1) is 11.1. The molecule has 0 fully saturated rings. The Hall–Kier alpha value is -2.95. The Kier molecular flexibility index (Phi) is 3.93. The van der Waals surface area contributed by atoms with Gasteiger partial charge in [-0.25, -0.2) is 0 Å². The minimum Gasteiger partial charge on any atom is -0.507 e. The Balaban J connectivity index is 2.00. The molecule has 2 N–H and O–H groups in total. The smallest absolute Gasteiger partial charge is 0.219 e. The van der Waals surface area contributed by atoms with Gasteiger partial charge in [-0.05, 0) is 23.6 Å². The number of ketones is 1. The molecule has 0 aliphatic carbocycles. The van der Waals surface area contributed by atoms with Crippen molar-refractivity contribution >= 4 is 5.78 Å². The van der Waals surface area contributed by atoms with Gasteiger partial charge >= 0.3 is 0 Å². The maximum atomic E-state index is 12.6. The highest BCUT2D eigenvalue weighted by Crippen LogP contribution is 2.26. The van der Waals surface area contributed by atoms with E-state index in [9.17, 15) is 9.90 Å². The van der Waals surface area contributed by atoms with Gasteiger partial charge in [-0.1, -0.05) is 50.2 Å². The summed E-state index contributed by atoms with van der Waals surface area (Å²) in [5.74, 6) is 0.00474. The number of carbonyl (C=O) groups excluding carboxylic acids is 1. The molecule has 1 aromatic heterocycles. The summed E-state index contributed by atoms with van der Waals surface area (Å²) in [5.41, 5.74) is 2.91. The van der Waals surface area contributed by atoms with E-state index in [4.69, 9.17) is 0 Å². The molecule has 0 aliphatic rings. The van der Waals surface area contributed by atoms with Crippen molar-refractivity contribution in [3.8, 4) is 17.0 Å². The van der Waals surface area contributed by atoms with E-state index >= 15 is 0 Å². The van der Waals surface area contributed by atoms with Gasteiger partial charge in [-0.15, -0.1) is 0 Å². The van der Waals surface area contributed by atoms with E-state index in [0.29, 0.717) is 11.6 Å².